The van der Waals surface area contributed by atoms with Gasteiger partial charge in [0.25, 0.3) is 0 Å². The molecule has 0 saturated heterocycles. The molecule has 0 amide bonds. The number of rotatable bonds is 4. The van der Waals surface area contributed by atoms with Gasteiger partial charge in [0.15, 0.2) is 0 Å². The van der Waals surface area contributed by atoms with Gasteiger partial charge >= 0.3 is 6.11 Å². The molecule has 0 bridgehead atoms. The maximum absolute atomic E-state index is 13.3. The molecule has 1 nitrogen and oxygen atoms in total. The lowest BCUT2D eigenvalue weighted by Crippen LogP contribution is -2.15. The van der Waals surface area contributed by atoms with Gasteiger partial charge in [-0.2, -0.15) is 8.78 Å². The molecule has 2 aromatic carbocycles. The molecule has 100 valence electrons. The molecule has 0 N–H and O–H groups in total. The van der Waals surface area contributed by atoms with Gasteiger partial charge in [-0.05, 0) is 35.2 Å². The molecule has 0 aliphatic rings. The quantitative estimate of drug-likeness (QED) is 0.781. The van der Waals surface area contributed by atoms with Crippen LogP contribution in [0.3, 0.4) is 0 Å². The van der Waals surface area contributed by atoms with Crippen LogP contribution in [0.15, 0.2) is 48.5 Å². The summed E-state index contributed by atoms with van der Waals surface area (Å²) in [6, 6.07) is 14.3. The zero-order valence-electron chi connectivity index (χ0n) is 11.0. The monoisotopic (exact) mass is 262 g/mol. The highest BCUT2D eigenvalue weighted by molar-refractivity contribution is 5.64. The summed E-state index contributed by atoms with van der Waals surface area (Å²) in [5, 5.41) is 0. The van der Waals surface area contributed by atoms with Gasteiger partial charge in [-0.15, -0.1) is 0 Å². The molecule has 0 fully saturated rings. The standard InChI is InChI=1S/C16H16F2O/c1-3-12-4-6-13(7-5-12)14-8-10-15(11-9-14)16(17,18)19-2/h4-11H,3H2,1-2H3. The maximum Gasteiger partial charge on any atom is 0.383 e. The third kappa shape index (κ3) is 2.99. The fraction of sp³-hybridized carbons (Fsp3) is 0.250. The first kappa shape index (κ1) is 13.7. The van der Waals surface area contributed by atoms with Crippen LogP contribution < -0.4 is 0 Å². The average molecular weight is 262 g/mol. The van der Waals surface area contributed by atoms with Crippen molar-refractivity contribution in [1.29, 1.82) is 0 Å². The van der Waals surface area contributed by atoms with Gasteiger partial charge in [-0.1, -0.05) is 43.3 Å². The van der Waals surface area contributed by atoms with Crippen molar-refractivity contribution in [2.75, 3.05) is 7.11 Å². The summed E-state index contributed by atoms with van der Waals surface area (Å²) in [7, 11) is 0.997. The van der Waals surface area contributed by atoms with Crippen LogP contribution in [-0.2, 0) is 17.3 Å². The van der Waals surface area contributed by atoms with Crippen molar-refractivity contribution < 1.29 is 13.5 Å². The van der Waals surface area contributed by atoms with E-state index in [2.05, 4.69) is 11.7 Å². The van der Waals surface area contributed by atoms with Crippen LogP contribution in [0.1, 0.15) is 18.1 Å². The Labute approximate surface area is 111 Å². The zero-order chi connectivity index (χ0) is 13.9. The van der Waals surface area contributed by atoms with Crippen LogP contribution in [-0.4, -0.2) is 7.11 Å². The summed E-state index contributed by atoms with van der Waals surface area (Å²) in [5.74, 6) is 0. The first-order valence-electron chi connectivity index (χ1n) is 6.19. The molecule has 3 heteroatoms. The van der Waals surface area contributed by atoms with Crippen molar-refractivity contribution in [2.45, 2.75) is 19.5 Å². The Balaban J connectivity index is 2.27. The minimum absolute atomic E-state index is 0.135. The van der Waals surface area contributed by atoms with Gasteiger partial charge in [0.1, 0.15) is 0 Å². The molecular formula is C16H16F2O. The zero-order valence-corrected chi connectivity index (χ0v) is 11.0. The number of hydrogen-bond donors (Lipinski definition) is 0. The van der Waals surface area contributed by atoms with E-state index in [-0.39, 0.29) is 5.56 Å². The van der Waals surface area contributed by atoms with Crippen molar-refractivity contribution in [2.24, 2.45) is 0 Å². The molecule has 19 heavy (non-hydrogen) atoms. The van der Waals surface area contributed by atoms with Gasteiger partial charge in [-0.3, -0.25) is 0 Å². The Bertz CT molecular complexity index is 530. The van der Waals surface area contributed by atoms with Crippen molar-refractivity contribution in [3.63, 3.8) is 0 Å². The lowest BCUT2D eigenvalue weighted by Gasteiger charge is -2.14. The van der Waals surface area contributed by atoms with Crippen LogP contribution in [0.5, 0.6) is 0 Å². The number of hydrogen-bond acceptors (Lipinski definition) is 1. The predicted molar refractivity (Wildman–Crippen MR) is 72.2 cm³/mol. The Morgan fingerprint density at radius 2 is 1.37 bits per heavy atom. The van der Waals surface area contributed by atoms with Crippen LogP contribution in [0, 0.1) is 0 Å². The van der Waals surface area contributed by atoms with Crippen molar-refractivity contribution in [3.05, 3.63) is 59.7 Å². The van der Waals surface area contributed by atoms with Crippen molar-refractivity contribution in [3.8, 4) is 11.1 Å². The van der Waals surface area contributed by atoms with Crippen molar-refractivity contribution in [1.82, 2.24) is 0 Å². The summed E-state index contributed by atoms with van der Waals surface area (Å²) in [6.07, 6.45) is -2.25. The maximum atomic E-state index is 13.3. The molecule has 0 spiro atoms. The van der Waals surface area contributed by atoms with E-state index in [4.69, 9.17) is 0 Å². The van der Waals surface area contributed by atoms with Gasteiger partial charge in [0.2, 0.25) is 0 Å². The van der Waals surface area contributed by atoms with Gasteiger partial charge in [0.05, 0.1) is 5.56 Å². The summed E-state index contributed by atoms with van der Waals surface area (Å²) >= 11 is 0. The second-order valence-corrected chi connectivity index (χ2v) is 4.35. The number of benzene rings is 2. The topological polar surface area (TPSA) is 9.23 Å². The van der Waals surface area contributed by atoms with Gasteiger partial charge in [-0.25, -0.2) is 0 Å². The molecular weight excluding hydrogens is 246 g/mol. The molecule has 0 saturated carbocycles. The minimum Gasteiger partial charge on any atom is -0.320 e. The SMILES string of the molecule is CCc1ccc(-c2ccc(C(F)(F)OC)cc2)cc1. The second kappa shape index (κ2) is 5.49. The second-order valence-electron chi connectivity index (χ2n) is 4.35. The van der Waals surface area contributed by atoms with E-state index >= 15 is 0 Å². The number of aryl methyl sites for hydroxylation is 1. The smallest absolute Gasteiger partial charge is 0.320 e. The largest absolute Gasteiger partial charge is 0.383 e. The molecule has 0 aromatic heterocycles. The average Bonchev–Trinajstić information content (AvgIpc) is 2.47. The lowest BCUT2D eigenvalue weighted by molar-refractivity contribution is -0.231. The third-order valence-corrected chi connectivity index (χ3v) is 3.17. The van der Waals surface area contributed by atoms with E-state index in [0.29, 0.717) is 0 Å². The first-order chi connectivity index (χ1) is 9.06. The summed E-state index contributed by atoms with van der Waals surface area (Å²) in [6.45, 7) is 2.09. The fourth-order valence-electron chi connectivity index (χ4n) is 1.91. The number of methoxy groups -OCH3 is 1. The fourth-order valence-corrected chi connectivity index (χ4v) is 1.91. The Morgan fingerprint density at radius 3 is 1.79 bits per heavy atom. The van der Waals surface area contributed by atoms with Gasteiger partial charge in [0, 0.05) is 7.11 Å². The van der Waals surface area contributed by atoms with Crippen LogP contribution in [0.2, 0.25) is 0 Å². The highest BCUT2D eigenvalue weighted by Gasteiger charge is 2.30. The molecule has 0 aliphatic carbocycles. The Hall–Kier alpha value is -1.74. The normalized spacial score (nSPS) is 11.6. The minimum atomic E-state index is -3.23. The van der Waals surface area contributed by atoms with E-state index in [1.807, 2.05) is 24.3 Å². The molecule has 0 aliphatic heterocycles. The number of halogens is 2. The summed E-state index contributed by atoms with van der Waals surface area (Å²) in [4.78, 5) is 0. The van der Waals surface area contributed by atoms with E-state index in [1.54, 1.807) is 12.1 Å². The lowest BCUT2D eigenvalue weighted by atomic mass is 10.0. The Kier molecular flexibility index (Phi) is 3.96. The van der Waals surface area contributed by atoms with Crippen LogP contribution in [0.25, 0.3) is 11.1 Å². The molecule has 2 rings (SSSR count). The molecule has 2 aromatic rings. The first-order valence-corrected chi connectivity index (χ1v) is 6.19. The third-order valence-electron chi connectivity index (χ3n) is 3.17. The summed E-state index contributed by atoms with van der Waals surface area (Å²) < 4.78 is 30.8. The van der Waals surface area contributed by atoms with E-state index in [1.165, 1.54) is 17.7 Å². The van der Waals surface area contributed by atoms with Crippen molar-refractivity contribution >= 4 is 0 Å². The van der Waals surface area contributed by atoms with Crippen LogP contribution >= 0.6 is 0 Å². The molecule has 0 heterocycles. The van der Waals surface area contributed by atoms with E-state index in [9.17, 15) is 8.78 Å². The van der Waals surface area contributed by atoms with Gasteiger partial charge < -0.3 is 4.74 Å². The van der Waals surface area contributed by atoms with Crippen LogP contribution in [0.4, 0.5) is 8.78 Å². The predicted octanol–water partition coefficient (Wildman–Crippen LogP) is 4.61. The van der Waals surface area contributed by atoms with E-state index < -0.39 is 6.11 Å². The molecule has 0 radical (unpaired) electrons. The highest BCUT2D eigenvalue weighted by Crippen LogP contribution is 2.30. The number of alkyl halides is 2. The molecule has 0 atom stereocenters. The highest BCUT2D eigenvalue weighted by atomic mass is 19.3. The van der Waals surface area contributed by atoms with E-state index in [0.717, 1.165) is 24.7 Å². The molecule has 0 unspecified atom stereocenters. The number of ether oxygens (including phenoxy) is 1. The Morgan fingerprint density at radius 1 is 0.895 bits per heavy atom. The summed E-state index contributed by atoms with van der Waals surface area (Å²) in [5.41, 5.74) is 3.05.